The van der Waals surface area contributed by atoms with Crippen LogP contribution in [0.2, 0.25) is 0 Å². The fraction of sp³-hybridized carbons (Fsp3) is 0.667. The molecule has 8 heteroatoms. The van der Waals surface area contributed by atoms with E-state index in [0.717, 1.165) is 0 Å². The van der Waals surface area contributed by atoms with Crippen LogP contribution in [0.3, 0.4) is 0 Å². The molecule has 0 saturated carbocycles. The summed E-state index contributed by atoms with van der Waals surface area (Å²) in [5.74, 6) is 0.414. The van der Waals surface area contributed by atoms with Crippen LogP contribution in [0.4, 0.5) is 0 Å². The molecule has 2 aliphatic heterocycles. The second-order valence-electron chi connectivity index (χ2n) is 5.35. The zero-order chi connectivity index (χ0) is 14.9. The first kappa shape index (κ1) is 15.4. The Morgan fingerprint density at radius 2 is 1.20 bits per heavy atom. The number of hydrogen-bond acceptors (Lipinski definition) is 6. The summed E-state index contributed by atoms with van der Waals surface area (Å²) in [6.07, 6.45) is 0. The highest BCUT2D eigenvalue weighted by Crippen LogP contribution is 2.27. The van der Waals surface area contributed by atoms with Gasteiger partial charge in [0.1, 0.15) is 0 Å². The molecule has 2 N–H and O–H groups in total. The maximum Gasteiger partial charge on any atom is 0.239 e. The van der Waals surface area contributed by atoms with Gasteiger partial charge in [0.15, 0.2) is 10.3 Å². The molecule has 2 atom stereocenters. The van der Waals surface area contributed by atoms with E-state index in [4.69, 9.17) is 0 Å². The predicted octanol–water partition coefficient (Wildman–Crippen LogP) is 1.39. The van der Waals surface area contributed by atoms with Crippen LogP contribution in [-0.4, -0.2) is 32.6 Å². The molecule has 2 amide bonds. The Hall–Kier alpha value is -1.02. The lowest BCUT2D eigenvalue weighted by Crippen LogP contribution is -2.28. The zero-order valence-corrected chi connectivity index (χ0v) is 13.5. The average molecular weight is 314 g/mol. The first-order valence-corrected chi connectivity index (χ1v) is 8.25. The number of hydrogen-bond donors (Lipinski definition) is 2. The van der Waals surface area contributed by atoms with Crippen LogP contribution >= 0.6 is 23.5 Å². The molecule has 0 bridgehead atoms. The lowest BCUT2D eigenvalue weighted by molar-refractivity contribution is -0.120. The van der Waals surface area contributed by atoms with Crippen molar-refractivity contribution in [1.82, 2.24) is 10.6 Å². The van der Waals surface area contributed by atoms with E-state index in [9.17, 15) is 9.59 Å². The van der Waals surface area contributed by atoms with Crippen molar-refractivity contribution in [3.8, 4) is 0 Å². The van der Waals surface area contributed by atoms with Gasteiger partial charge >= 0.3 is 0 Å². The highest BCUT2D eigenvalue weighted by Gasteiger charge is 2.34. The van der Waals surface area contributed by atoms with E-state index >= 15 is 0 Å². The summed E-state index contributed by atoms with van der Waals surface area (Å²) in [6.45, 7) is 7.97. The van der Waals surface area contributed by atoms with Crippen molar-refractivity contribution in [1.29, 1.82) is 0 Å². The van der Waals surface area contributed by atoms with E-state index in [2.05, 4.69) is 20.8 Å². The molecular formula is C12H18N4O2S2. The maximum atomic E-state index is 11.7. The van der Waals surface area contributed by atoms with Gasteiger partial charge in [0, 0.05) is 0 Å². The van der Waals surface area contributed by atoms with Gasteiger partial charge in [-0.15, -0.1) is 10.2 Å². The molecule has 0 aliphatic carbocycles. The molecule has 0 aromatic rings. The van der Waals surface area contributed by atoms with Crippen molar-refractivity contribution in [3.05, 3.63) is 0 Å². The minimum absolute atomic E-state index is 0.0351. The van der Waals surface area contributed by atoms with E-state index < -0.39 is 0 Å². The smallest absolute Gasteiger partial charge is 0.239 e. The minimum atomic E-state index is -0.122. The number of carbonyl (C=O) groups is 2. The molecule has 0 aromatic carbocycles. The molecule has 0 aromatic heterocycles. The standard InChI is InChI=1S/C12H18N4O2S2/c1-5(2)7-9(17)13-11(19-7)15-16-12-14-10(18)8(20-12)6(3)4/h5-8H,1-4H3,(H,13,15,17)(H,14,16,18). The van der Waals surface area contributed by atoms with Crippen LogP contribution in [0, 0.1) is 11.8 Å². The summed E-state index contributed by atoms with van der Waals surface area (Å²) in [4.78, 5) is 23.4. The molecule has 2 unspecified atom stereocenters. The Bertz CT molecular complexity index is 444. The van der Waals surface area contributed by atoms with Gasteiger partial charge in [-0.1, -0.05) is 51.2 Å². The van der Waals surface area contributed by atoms with E-state index in [1.165, 1.54) is 23.5 Å². The number of rotatable bonds is 3. The van der Waals surface area contributed by atoms with Gasteiger partial charge in [-0.3, -0.25) is 9.59 Å². The summed E-state index contributed by atoms with van der Waals surface area (Å²) < 4.78 is 0. The van der Waals surface area contributed by atoms with Crippen molar-refractivity contribution in [2.24, 2.45) is 22.0 Å². The average Bonchev–Trinajstić information content (AvgIpc) is 2.90. The third-order valence-electron chi connectivity index (χ3n) is 2.90. The molecule has 2 rings (SSSR count). The van der Waals surface area contributed by atoms with Crippen molar-refractivity contribution >= 4 is 45.7 Å². The SMILES string of the molecule is CC(C)C1S/C(=N/N=C2\NC(=O)C(C(C)C)S2)NC1=O. The van der Waals surface area contributed by atoms with Gasteiger partial charge in [0.05, 0.1) is 10.5 Å². The summed E-state index contributed by atoms with van der Waals surface area (Å²) >= 11 is 2.76. The first-order chi connectivity index (χ1) is 9.38. The van der Waals surface area contributed by atoms with Gasteiger partial charge in [-0.2, -0.15) is 0 Å². The highest BCUT2D eigenvalue weighted by atomic mass is 32.2. The van der Waals surface area contributed by atoms with Gasteiger partial charge in [-0.05, 0) is 11.8 Å². The number of nitrogens with one attached hydrogen (secondary N) is 2. The Morgan fingerprint density at radius 3 is 1.45 bits per heavy atom. The van der Waals surface area contributed by atoms with E-state index in [-0.39, 0.29) is 34.2 Å². The predicted molar refractivity (Wildman–Crippen MR) is 83.6 cm³/mol. The van der Waals surface area contributed by atoms with Gasteiger partial charge < -0.3 is 10.6 Å². The normalized spacial score (nSPS) is 30.7. The number of nitrogens with zero attached hydrogens (tertiary/aromatic N) is 2. The summed E-state index contributed by atoms with van der Waals surface area (Å²) in [6, 6.07) is 0. The zero-order valence-electron chi connectivity index (χ0n) is 11.8. The van der Waals surface area contributed by atoms with Gasteiger partial charge in [0.2, 0.25) is 11.8 Å². The number of carbonyl (C=O) groups excluding carboxylic acids is 2. The molecular weight excluding hydrogens is 296 g/mol. The third kappa shape index (κ3) is 3.35. The molecule has 110 valence electrons. The van der Waals surface area contributed by atoms with E-state index in [1.807, 2.05) is 27.7 Å². The van der Waals surface area contributed by atoms with E-state index in [1.54, 1.807) is 0 Å². The monoisotopic (exact) mass is 314 g/mol. The van der Waals surface area contributed by atoms with Crippen LogP contribution in [0.5, 0.6) is 0 Å². The third-order valence-corrected chi connectivity index (χ3v) is 5.74. The molecule has 0 spiro atoms. The summed E-state index contributed by atoms with van der Waals surface area (Å²) in [5, 5.41) is 14.2. The largest absolute Gasteiger partial charge is 0.303 e. The topological polar surface area (TPSA) is 82.9 Å². The second-order valence-corrected chi connectivity index (χ2v) is 7.61. The fourth-order valence-corrected chi connectivity index (χ4v) is 3.68. The minimum Gasteiger partial charge on any atom is -0.303 e. The Morgan fingerprint density at radius 1 is 0.850 bits per heavy atom. The van der Waals surface area contributed by atoms with Crippen LogP contribution in [0.25, 0.3) is 0 Å². The van der Waals surface area contributed by atoms with Crippen LogP contribution in [0.1, 0.15) is 27.7 Å². The second kappa shape index (κ2) is 6.17. The molecule has 0 radical (unpaired) electrons. The molecule has 2 aliphatic rings. The van der Waals surface area contributed by atoms with Crippen molar-refractivity contribution < 1.29 is 9.59 Å². The first-order valence-electron chi connectivity index (χ1n) is 6.49. The van der Waals surface area contributed by atoms with Crippen molar-refractivity contribution in [3.63, 3.8) is 0 Å². The summed E-state index contributed by atoms with van der Waals surface area (Å²) in [7, 11) is 0. The van der Waals surface area contributed by atoms with Crippen LogP contribution < -0.4 is 10.6 Å². The number of amidine groups is 2. The lowest BCUT2D eigenvalue weighted by atomic mass is 10.1. The Balaban J connectivity index is 2.02. The molecule has 20 heavy (non-hydrogen) atoms. The lowest BCUT2D eigenvalue weighted by Gasteiger charge is -2.07. The molecule has 2 heterocycles. The Kier molecular flexibility index (Phi) is 4.74. The van der Waals surface area contributed by atoms with Crippen molar-refractivity contribution in [2.75, 3.05) is 0 Å². The number of thioether (sulfide) groups is 2. The van der Waals surface area contributed by atoms with Gasteiger partial charge in [-0.25, -0.2) is 0 Å². The molecule has 2 saturated heterocycles. The van der Waals surface area contributed by atoms with Crippen LogP contribution in [-0.2, 0) is 9.59 Å². The quantitative estimate of drug-likeness (QED) is 0.771. The number of amides is 2. The van der Waals surface area contributed by atoms with Gasteiger partial charge in [0.25, 0.3) is 0 Å². The fourth-order valence-electron chi connectivity index (χ4n) is 1.83. The van der Waals surface area contributed by atoms with E-state index in [0.29, 0.717) is 10.3 Å². The molecule has 2 fully saturated rings. The highest BCUT2D eigenvalue weighted by molar-refractivity contribution is 8.16. The van der Waals surface area contributed by atoms with Crippen LogP contribution in [0.15, 0.2) is 10.2 Å². The van der Waals surface area contributed by atoms with Crippen molar-refractivity contribution in [2.45, 2.75) is 38.2 Å². The molecule has 6 nitrogen and oxygen atoms in total. The maximum absolute atomic E-state index is 11.7. The Labute approximate surface area is 126 Å². The summed E-state index contributed by atoms with van der Waals surface area (Å²) in [5.41, 5.74) is 0.